The summed E-state index contributed by atoms with van der Waals surface area (Å²) in [6.45, 7) is 2.48. The van der Waals surface area contributed by atoms with Crippen molar-refractivity contribution in [2.24, 2.45) is 0 Å². The Balaban J connectivity index is 1.37. The number of thioether (sulfide) groups is 1. The summed E-state index contributed by atoms with van der Waals surface area (Å²) < 4.78 is 10.7. The maximum atomic E-state index is 11.4. The van der Waals surface area contributed by atoms with Crippen molar-refractivity contribution in [3.05, 3.63) is 58.7 Å². The zero-order chi connectivity index (χ0) is 19.5. The molecule has 5 heteroatoms. The molecule has 1 heterocycles. The molecule has 0 spiro atoms. The van der Waals surface area contributed by atoms with Gasteiger partial charge in [-0.15, -0.1) is 0 Å². The summed E-state index contributed by atoms with van der Waals surface area (Å²) in [4.78, 5) is 14.8. The van der Waals surface area contributed by atoms with Gasteiger partial charge in [0.05, 0.1) is 7.11 Å². The molecule has 0 aromatic heterocycles. The number of hydrogen-bond acceptors (Lipinski definition) is 5. The van der Waals surface area contributed by atoms with E-state index in [0.717, 1.165) is 42.1 Å². The highest BCUT2D eigenvalue weighted by Gasteiger charge is 2.24. The zero-order valence-corrected chi connectivity index (χ0v) is 17.4. The number of hydrogen-bond donors (Lipinski definition) is 0. The molecular weight excluding hydrogens is 370 g/mol. The first-order chi connectivity index (χ1) is 13.6. The Morgan fingerprint density at radius 2 is 2.18 bits per heavy atom. The normalized spacial score (nSPS) is 18.4. The maximum Gasteiger partial charge on any atom is 0.372 e. The van der Waals surface area contributed by atoms with E-state index in [1.165, 1.54) is 41.3 Å². The maximum absolute atomic E-state index is 11.4. The second kappa shape index (κ2) is 8.58. The number of likely N-dealkylation sites (N-methyl/N-ethyl adjacent to an activating group) is 1. The molecule has 0 radical (unpaired) electrons. The Morgan fingerprint density at radius 3 is 3.04 bits per heavy atom. The lowest BCUT2D eigenvalue weighted by Gasteiger charge is -2.30. The summed E-state index contributed by atoms with van der Waals surface area (Å²) in [6, 6.07) is 12.9. The van der Waals surface area contributed by atoms with Gasteiger partial charge in [-0.05, 0) is 79.2 Å². The Bertz CT molecular complexity index is 867. The molecule has 0 bridgehead atoms. The number of nitrogens with zero attached hydrogens (tertiary/aromatic N) is 1. The molecule has 1 atom stereocenters. The Labute approximate surface area is 171 Å². The summed E-state index contributed by atoms with van der Waals surface area (Å²) in [5.74, 6) is 1.61. The van der Waals surface area contributed by atoms with Gasteiger partial charge in [-0.2, -0.15) is 0 Å². The molecule has 2 aromatic rings. The number of carbonyl (C=O) groups is 1. The number of rotatable bonds is 6. The van der Waals surface area contributed by atoms with Gasteiger partial charge in [-0.1, -0.05) is 24.3 Å². The summed E-state index contributed by atoms with van der Waals surface area (Å²) in [5, 5.41) is -0.204. The molecule has 1 unspecified atom stereocenters. The van der Waals surface area contributed by atoms with Gasteiger partial charge in [0, 0.05) is 23.5 Å². The molecule has 2 aliphatic rings. The van der Waals surface area contributed by atoms with Gasteiger partial charge >= 0.3 is 5.30 Å². The van der Waals surface area contributed by atoms with Crippen LogP contribution in [-0.2, 0) is 24.2 Å². The van der Waals surface area contributed by atoms with Crippen molar-refractivity contribution in [3.63, 3.8) is 0 Å². The quantitative estimate of drug-likeness (QED) is 0.639. The number of benzene rings is 2. The van der Waals surface area contributed by atoms with Crippen LogP contribution in [0.15, 0.2) is 41.3 Å². The summed E-state index contributed by atoms with van der Waals surface area (Å²) in [7, 11) is 3.98. The van der Waals surface area contributed by atoms with Crippen LogP contribution < -0.4 is 4.74 Å². The lowest BCUT2D eigenvalue weighted by atomic mass is 9.82. The third kappa shape index (κ3) is 4.20. The Hall–Kier alpha value is -1.98. The molecule has 1 aliphatic carbocycles. The molecule has 28 heavy (non-hydrogen) atoms. The van der Waals surface area contributed by atoms with Gasteiger partial charge in [0.1, 0.15) is 12.4 Å². The van der Waals surface area contributed by atoms with Crippen LogP contribution in [0.1, 0.15) is 41.0 Å². The molecule has 1 aliphatic heterocycles. The minimum atomic E-state index is -0.204. The lowest BCUT2D eigenvalue weighted by molar-refractivity contribution is 0.165. The number of fused-ring (bicyclic) bond motifs is 2. The number of ether oxygens (including phenoxy) is 2. The van der Waals surface area contributed by atoms with Crippen LogP contribution in [0.5, 0.6) is 5.75 Å². The molecule has 0 N–H and O–H groups in total. The monoisotopic (exact) mass is 397 g/mol. The second-order valence-electron chi connectivity index (χ2n) is 7.71. The molecule has 4 rings (SSSR count). The first-order valence-corrected chi connectivity index (χ1v) is 10.8. The molecule has 0 fully saturated rings. The van der Waals surface area contributed by atoms with Crippen molar-refractivity contribution in [1.29, 1.82) is 0 Å². The SMILES string of the molecule is COc1cccc2c1CCCC2CN(C)CCc1ccc2c(c1)COC(=O)S2. The summed E-state index contributed by atoms with van der Waals surface area (Å²) >= 11 is 1.18. The first-order valence-electron chi connectivity index (χ1n) is 9.95. The van der Waals surface area contributed by atoms with E-state index in [4.69, 9.17) is 9.47 Å². The van der Waals surface area contributed by atoms with E-state index in [1.807, 2.05) is 0 Å². The van der Waals surface area contributed by atoms with Crippen LogP contribution >= 0.6 is 11.8 Å². The third-order valence-corrected chi connectivity index (χ3v) is 6.69. The molecule has 148 valence electrons. The van der Waals surface area contributed by atoms with Crippen LogP contribution in [0, 0.1) is 0 Å². The second-order valence-corrected chi connectivity index (χ2v) is 8.69. The highest BCUT2D eigenvalue weighted by molar-refractivity contribution is 8.13. The minimum Gasteiger partial charge on any atom is -0.496 e. The molecule has 2 aromatic carbocycles. The zero-order valence-electron chi connectivity index (χ0n) is 16.6. The predicted molar refractivity (Wildman–Crippen MR) is 112 cm³/mol. The van der Waals surface area contributed by atoms with Gasteiger partial charge in [0.2, 0.25) is 0 Å². The van der Waals surface area contributed by atoms with Crippen molar-refractivity contribution in [2.75, 3.05) is 27.2 Å². The molecular formula is C23H27NO3S. The fourth-order valence-electron chi connectivity index (χ4n) is 4.34. The van der Waals surface area contributed by atoms with Crippen LogP contribution in [0.2, 0.25) is 0 Å². The smallest absolute Gasteiger partial charge is 0.372 e. The van der Waals surface area contributed by atoms with E-state index in [0.29, 0.717) is 12.5 Å². The van der Waals surface area contributed by atoms with Crippen LogP contribution in [0.25, 0.3) is 0 Å². The van der Waals surface area contributed by atoms with Crippen LogP contribution in [-0.4, -0.2) is 37.4 Å². The van der Waals surface area contributed by atoms with Crippen LogP contribution in [0.4, 0.5) is 4.79 Å². The molecule has 0 amide bonds. The molecule has 0 saturated heterocycles. The van der Waals surface area contributed by atoms with Gasteiger partial charge in [0.15, 0.2) is 0 Å². The fourth-order valence-corrected chi connectivity index (χ4v) is 5.02. The van der Waals surface area contributed by atoms with Crippen molar-refractivity contribution in [3.8, 4) is 5.75 Å². The van der Waals surface area contributed by atoms with E-state index in [2.05, 4.69) is 48.3 Å². The average Bonchev–Trinajstić information content (AvgIpc) is 2.72. The number of cyclic esters (lactones) is 1. The highest BCUT2D eigenvalue weighted by atomic mass is 32.2. The van der Waals surface area contributed by atoms with Crippen molar-refractivity contribution in [1.82, 2.24) is 4.90 Å². The van der Waals surface area contributed by atoms with E-state index in [9.17, 15) is 4.79 Å². The molecule has 0 saturated carbocycles. The average molecular weight is 398 g/mol. The fraction of sp³-hybridized carbons (Fsp3) is 0.435. The molecule has 4 nitrogen and oxygen atoms in total. The standard InChI is InChI=1S/C23H27NO3S/c1-24(12-11-16-9-10-22-18(13-16)15-27-23(25)28-22)14-17-5-3-7-20-19(17)6-4-8-21(20)26-2/h4,6,8-10,13,17H,3,5,7,11-12,14-15H2,1-2H3. The van der Waals surface area contributed by atoms with Crippen molar-refractivity contribution >= 4 is 17.1 Å². The first kappa shape index (κ1) is 19.3. The van der Waals surface area contributed by atoms with E-state index in [-0.39, 0.29) is 5.30 Å². The summed E-state index contributed by atoms with van der Waals surface area (Å²) in [5.41, 5.74) is 5.29. The van der Waals surface area contributed by atoms with Gasteiger partial charge in [-0.25, -0.2) is 4.79 Å². The Kier molecular flexibility index (Phi) is 5.93. The lowest BCUT2D eigenvalue weighted by Crippen LogP contribution is -2.28. The van der Waals surface area contributed by atoms with Crippen molar-refractivity contribution in [2.45, 2.75) is 43.1 Å². The topological polar surface area (TPSA) is 38.8 Å². The van der Waals surface area contributed by atoms with E-state index >= 15 is 0 Å². The number of carbonyl (C=O) groups excluding carboxylic acids is 1. The third-order valence-electron chi connectivity index (χ3n) is 5.79. The van der Waals surface area contributed by atoms with E-state index in [1.54, 1.807) is 7.11 Å². The largest absolute Gasteiger partial charge is 0.496 e. The predicted octanol–water partition coefficient (Wildman–Crippen LogP) is 5.03. The minimum absolute atomic E-state index is 0.204. The van der Waals surface area contributed by atoms with Crippen LogP contribution in [0.3, 0.4) is 0 Å². The summed E-state index contributed by atoms with van der Waals surface area (Å²) in [6.07, 6.45) is 4.59. The van der Waals surface area contributed by atoms with Gasteiger partial charge < -0.3 is 14.4 Å². The van der Waals surface area contributed by atoms with Gasteiger partial charge in [-0.3, -0.25) is 0 Å². The van der Waals surface area contributed by atoms with Gasteiger partial charge in [0.25, 0.3) is 0 Å². The number of methoxy groups -OCH3 is 1. The highest BCUT2D eigenvalue weighted by Crippen LogP contribution is 2.37. The Morgan fingerprint density at radius 1 is 1.29 bits per heavy atom. The van der Waals surface area contributed by atoms with Crippen molar-refractivity contribution < 1.29 is 14.3 Å². The van der Waals surface area contributed by atoms with E-state index < -0.39 is 0 Å².